The van der Waals surface area contributed by atoms with Gasteiger partial charge >= 0.3 is 0 Å². The first-order valence-corrected chi connectivity index (χ1v) is 11.5. The number of Topliss-reactive ketones (excluding diaryl/α,β-unsaturated/α-hetero) is 1. The second kappa shape index (κ2) is 8.92. The van der Waals surface area contributed by atoms with Crippen LogP contribution in [0.3, 0.4) is 0 Å². The molecule has 1 aliphatic heterocycles. The third-order valence-electron chi connectivity index (χ3n) is 6.28. The van der Waals surface area contributed by atoms with E-state index < -0.39 is 0 Å². The first kappa shape index (κ1) is 21.0. The number of piperazine rings is 1. The topological polar surface area (TPSA) is 74.5 Å². The van der Waals surface area contributed by atoms with Crippen LogP contribution in [0.1, 0.15) is 41.1 Å². The van der Waals surface area contributed by atoms with Gasteiger partial charge in [-0.1, -0.05) is 18.5 Å². The molecule has 0 amide bonds. The first-order chi connectivity index (χ1) is 15.6. The fourth-order valence-electron chi connectivity index (χ4n) is 4.46. The normalized spacial score (nSPS) is 19.1. The Kier molecular flexibility index (Phi) is 5.85. The van der Waals surface area contributed by atoms with E-state index in [-0.39, 0.29) is 11.7 Å². The van der Waals surface area contributed by atoms with Crippen LogP contribution in [0.25, 0.3) is 0 Å². The maximum Gasteiger partial charge on any atom is 0.227 e. The van der Waals surface area contributed by atoms with Crippen molar-refractivity contribution in [3.63, 3.8) is 0 Å². The molecule has 1 aromatic carbocycles. The summed E-state index contributed by atoms with van der Waals surface area (Å²) in [5.41, 5.74) is 2.19. The molecule has 0 saturated carbocycles. The molecule has 8 heteroatoms. The summed E-state index contributed by atoms with van der Waals surface area (Å²) in [5, 5.41) is 4.01. The molecule has 1 aliphatic carbocycles. The molecule has 0 spiro atoms. The number of likely N-dealkylation sites (N-methyl/N-ethyl adjacent to an activating group) is 1. The van der Waals surface area contributed by atoms with E-state index in [1.807, 2.05) is 36.4 Å². The highest BCUT2D eigenvalue weighted by Crippen LogP contribution is 2.36. The lowest BCUT2D eigenvalue weighted by Gasteiger charge is -2.35. The Balaban J connectivity index is 1.52. The van der Waals surface area contributed by atoms with Crippen molar-refractivity contribution in [2.45, 2.75) is 25.7 Å². The summed E-state index contributed by atoms with van der Waals surface area (Å²) in [6, 6.07) is 11.2. The minimum Gasteiger partial charge on any atom is -0.469 e. The number of nitrogens with one attached hydrogen (secondary N) is 1. The van der Waals surface area contributed by atoms with Crippen molar-refractivity contribution in [2.24, 2.45) is 0 Å². The Hall–Kier alpha value is -2.90. The molecule has 2 aromatic heterocycles. The minimum atomic E-state index is -0.00642. The quantitative estimate of drug-likeness (QED) is 0.611. The highest BCUT2D eigenvalue weighted by Gasteiger charge is 2.33. The highest BCUT2D eigenvalue weighted by molar-refractivity contribution is 6.30. The molecule has 1 fully saturated rings. The molecule has 2 aliphatic rings. The zero-order valence-electron chi connectivity index (χ0n) is 18.1. The molecule has 166 valence electrons. The van der Waals surface area contributed by atoms with Crippen LogP contribution in [0.2, 0.25) is 5.02 Å². The Morgan fingerprint density at radius 2 is 1.88 bits per heavy atom. The van der Waals surface area contributed by atoms with Gasteiger partial charge in [0.15, 0.2) is 5.78 Å². The fourth-order valence-corrected chi connectivity index (χ4v) is 4.58. The second-order valence-electron chi connectivity index (χ2n) is 8.29. The van der Waals surface area contributed by atoms with Crippen LogP contribution in [0.4, 0.5) is 17.5 Å². The monoisotopic (exact) mass is 451 g/mol. The average Bonchev–Trinajstić information content (AvgIpc) is 3.35. The molecular weight excluding hydrogens is 426 g/mol. The van der Waals surface area contributed by atoms with Crippen LogP contribution in [-0.2, 0) is 6.42 Å². The molecule has 0 radical (unpaired) electrons. The number of anilines is 3. The van der Waals surface area contributed by atoms with E-state index in [9.17, 15) is 4.79 Å². The molecule has 1 unspecified atom stereocenters. The first-order valence-electron chi connectivity index (χ1n) is 11.1. The fraction of sp³-hybridized carbons (Fsp3) is 0.375. The van der Waals surface area contributed by atoms with Gasteiger partial charge in [0.05, 0.1) is 17.5 Å². The molecule has 7 nitrogen and oxygen atoms in total. The number of carbonyl (C=O) groups excluding carboxylic acids is 1. The summed E-state index contributed by atoms with van der Waals surface area (Å²) < 4.78 is 5.60. The van der Waals surface area contributed by atoms with Gasteiger partial charge in [-0.15, -0.1) is 0 Å². The van der Waals surface area contributed by atoms with Gasteiger partial charge in [-0.3, -0.25) is 4.79 Å². The number of aromatic nitrogens is 2. The number of furan rings is 1. The van der Waals surface area contributed by atoms with Crippen molar-refractivity contribution in [3.05, 3.63) is 64.7 Å². The number of fused-ring (bicyclic) bond motifs is 1. The standard InChI is InChI=1S/C24H26ClN5O2/c1-2-29-9-11-30(12-10-29)24-27-19-14-16(21-4-3-13-32-21)15-20(31)22(19)23(28-24)26-18-7-5-17(25)6-8-18/h3-8,13,16H,2,9-12,14-15H2,1H3,(H,26,27,28). The molecule has 32 heavy (non-hydrogen) atoms. The second-order valence-corrected chi connectivity index (χ2v) is 8.73. The van der Waals surface area contributed by atoms with Crippen LogP contribution >= 0.6 is 11.6 Å². The lowest BCUT2D eigenvalue weighted by molar-refractivity contribution is 0.0959. The molecule has 5 rings (SSSR count). The smallest absolute Gasteiger partial charge is 0.227 e. The highest BCUT2D eigenvalue weighted by atomic mass is 35.5. The van der Waals surface area contributed by atoms with Crippen LogP contribution in [-0.4, -0.2) is 53.4 Å². The van der Waals surface area contributed by atoms with E-state index in [1.54, 1.807) is 6.26 Å². The van der Waals surface area contributed by atoms with Gasteiger partial charge in [-0.25, -0.2) is 4.98 Å². The van der Waals surface area contributed by atoms with Crippen LogP contribution < -0.4 is 10.2 Å². The van der Waals surface area contributed by atoms with Crippen LogP contribution in [0.15, 0.2) is 47.1 Å². The third-order valence-corrected chi connectivity index (χ3v) is 6.53. The number of hydrogen-bond donors (Lipinski definition) is 1. The molecular formula is C24H26ClN5O2. The number of halogens is 1. The number of carbonyl (C=O) groups is 1. The van der Waals surface area contributed by atoms with E-state index in [0.29, 0.717) is 35.2 Å². The van der Waals surface area contributed by atoms with Gasteiger partial charge < -0.3 is 19.5 Å². The Morgan fingerprint density at radius 1 is 1.09 bits per heavy atom. The number of hydrogen-bond acceptors (Lipinski definition) is 7. The molecule has 0 bridgehead atoms. The van der Waals surface area contributed by atoms with Gasteiger partial charge in [0.2, 0.25) is 5.95 Å². The summed E-state index contributed by atoms with van der Waals surface area (Å²) in [5.74, 6) is 2.09. The van der Waals surface area contributed by atoms with Crippen molar-refractivity contribution in [1.29, 1.82) is 0 Å². The third kappa shape index (κ3) is 4.23. The van der Waals surface area contributed by atoms with Crippen LogP contribution in [0.5, 0.6) is 0 Å². The number of nitrogens with zero attached hydrogens (tertiary/aromatic N) is 4. The van der Waals surface area contributed by atoms with Gasteiger partial charge in [-0.2, -0.15) is 4.98 Å². The SMILES string of the molecule is CCN1CCN(c2nc3c(c(Nc4ccc(Cl)cc4)n2)C(=O)CC(c2ccco2)C3)CC1. The van der Waals surface area contributed by atoms with E-state index in [1.165, 1.54) is 0 Å². The molecule has 3 aromatic rings. The van der Waals surface area contributed by atoms with Crippen molar-refractivity contribution >= 4 is 34.8 Å². The summed E-state index contributed by atoms with van der Waals surface area (Å²) in [6.07, 6.45) is 2.68. The van der Waals surface area contributed by atoms with E-state index in [4.69, 9.17) is 26.0 Å². The van der Waals surface area contributed by atoms with Gasteiger partial charge in [-0.05, 0) is 42.9 Å². The van der Waals surface area contributed by atoms with E-state index >= 15 is 0 Å². The summed E-state index contributed by atoms with van der Waals surface area (Å²) >= 11 is 6.04. The molecule has 1 saturated heterocycles. The van der Waals surface area contributed by atoms with Gasteiger partial charge in [0.25, 0.3) is 0 Å². The van der Waals surface area contributed by atoms with Crippen LogP contribution in [0, 0.1) is 0 Å². The Morgan fingerprint density at radius 3 is 2.56 bits per heavy atom. The zero-order chi connectivity index (χ0) is 22.1. The van der Waals surface area contributed by atoms with E-state index in [0.717, 1.165) is 49.9 Å². The van der Waals surface area contributed by atoms with E-state index in [2.05, 4.69) is 22.0 Å². The van der Waals surface area contributed by atoms with Gasteiger partial charge in [0, 0.05) is 55.6 Å². The largest absolute Gasteiger partial charge is 0.469 e. The summed E-state index contributed by atoms with van der Waals surface area (Å²) in [4.78, 5) is 27.6. The van der Waals surface area contributed by atoms with Gasteiger partial charge in [0.1, 0.15) is 11.6 Å². The zero-order valence-corrected chi connectivity index (χ0v) is 18.8. The molecule has 3 heterocycles. The van der Waals surface area contributed by atoms with Crippen molar-refractivity contribution in [3.8, 4) is 0 Å². The van der Waals surface area contributed by atoms with Crippen molar-refractivity contribution in [2.75, 3.05) is 42.9 Å². The van der Waals surface area contributed by atoms with Crippen molar-refractivity contribution in [1.82, 2.24) is 14.9 Å². The minimum absolute atomic E-state index is 0.00642. The lowest BCUT2D eigenvalue weighted by atomic mass is 9.84. The molecule has 1 N–H and O–H groups in total. The summed E-state index contributed by atoms with van der Waals surface area (Å²) in [6.45, 7) is 6.90. The Labute approximate surface area is 192 Å². The number of ketones is 1. The predicted molar refractivity (Wildman–Crippen MR) is 125 cm³/mol. The number of benzene rings is 1. The maximum atomic E-state index is 13.2. The molecule has 1 atom stereocenters. The predicted octanol–water partition coefficient (Wildman–Crippen LogP) is 4.52. The lowest BCUT2D eigenvalue weighted by Crippen LogP contribution is -2.47. The summed E-state index contributed by atoms with van der Waals surface area (Å²) in [7, 11) is 0. The van der Waals surface area contributed by atoms with Crippen molar-refractivity contribution < 1.29 is 9.21 Å². The number of rotatable bonds is 5. The average molecular weight is 452 g/mol. The maximum absolute atomic E-state index is 13.2. The Bertz CT molecular complexity index is 1090.